The van der Waals surface area contributed by atoms with Gasteiger partial charge in [-0.15, -0.1) is 0 Å². The van der Waals surface area contributed by atoms with Gasteiger partial charge in [-0.2, -0.15) is 0 Å². The number of hydrogen-bond donors (Lipinski definition) is 0. The maximum absolute atomic E-state index is 8.26. The molecule has 0 aliphatic heterocycles. The van der Waals surface area contributed by atoms with E-state index >= 15 is 0 Å². The van der Waals surface area contributed by atoms with Crippen LogP contribution in [0.25, 0.3) is 20.9 Å². The largest absolute Gasteiger partial charge is 0.0937 e. The van der Waals surface area contributed by atoms with E-state index < -0.39 is 0 Å². The summed E-state index contributed by atoms with van der Waals surface area (Å²) in [5.74, 6) is 0.908. The fourth-order valence-corrected chi connectivity index (χ4v) is 3.52. The van der Waals surface area contributed by atoms with Crippen LogP contribution in [0.15, 0.2) is 10.2 Å². The molecule has 1 aliphatic carbocycles. The number of alkyl halides is 1. The number of azide groups is 2. The fraction of sp³-hybridized carbons (Fsp3) is 1.00. The van der Waals surface area contributed by atoms with Crippen molar-refractivity contribution in [2.75, 3.05) is 13.1 Å². The third-order valence-electron chi connectivity index (χ3n) is 2.65. The van der Waals surface area contributed by atoms with Gasteiger partial charge >= 0.3 is 0 Å². The Morgan fingerprint density at radius 2 is 1.47 bits per heavy atom. The lowest BCUT2D eigenvalue weighted by Crippen LogP contribution is -2.26. The smallest absolute Gasteiger partial charge is 0.0286 e. The predicted octanol–water partition coefficient (Wildman–Crippen LogP) is 3.83. The third kappa shape index (κ3) is 4.59. The van der Waals surface area contributed by atoms with Gasteiger partial charge < -0.3 is 0 Å². The minimum Gasteiger partial charge on any atom is -0.0937 e. The maximum atomic E-state index is 8.26. The lowest BCUT2D eigenvalue weighted by Gasteiger charge is -2.30. The molecular weight excluding hydrogens is 307 g/mol. The summed E-state index contributed by atoms with van der Waals surface area (Å²) in [6.07, 6.45) is 3.22. The minimum atomic E-state index is 0.454. The van der Waals surface area contributed by atoms with Crippen molar-refractivity contribution in [1.29, 1.82) is 0 Å². The Morgan fingerprint density at radius 1 is 1.00 bits per heavy atom. The first-order chi connectivity index (χ1) is 7.26. The average molecular weight is 320 g/mol. The Morgan fingerprint density at radius 3 is 1.87 bits per heavy atom. The summed E-state index contributed by atoms with van der Waals surface area (Å²) in [5, 5.41) is 7.24. The van der Waals surface area contributed by atoms with E-state index in [0.29, 0.717) is 28.8 Å². The Labute approximate surface area is 102 Å². The van der Waals surface area contributed by atoms with Crippen LogP contribution in [0.1, 0.15) is 19.3 Å². The molecule has 1 saturated carbocycles. The number of hydrogen-bond acceptors (Lipinski definition) is 2. The summed E-state index contributed by atoms with van der Waals surface area (Å²) >= 11 is 2.42. The molecule has 1 rings (SSSR count). The first kappa shape index (κ1) is 12.4. The van der Waals surface area contributed by atoms with Crippen LogP contribution in [-0.2, 0) is 0 Å². The van der Waals surface area contributed by atoms with Crippen LogP contribution in [0.2, 0.25) is 0 Å². The van der Waals surface area contributed by atoms with Crippen LogP contribution in [0.4, 0.5) is 0 Å². The van der Waals surface area contributed by atoms with E-state index in [1.54, 1.807) is 0 Å². The molecule has 7 heteroatoms. The van der Waals surface area contributed by atoms with Gasteiger partial charge in [0.15, 0.2) is 0 Å². The Kier molecular flexibility index (Phi) is 5.60. The van der Waals surface area contributed by atoms with E-state index in [9.17, 15) is 0 Å². The average Bonchev–Trinajstić information content (AvgIpc) is 2.23. The summed E-state index contributed by atoms with van der Waals surface area (Å²) in [7, 11) is 0. The summed E-state index contributed by atoms with van der Waals surface area (Å²) in [5.41, 5.74) is 16.5. The van der Waals surface area contributed by atoms with Gasteiger partial charge in [-0.05, 0) is 42.2 Å². The first-order valence-electron chi connectivity index (χ1n) is 4.92. The molecule has 0 heterocycles. The van der Waals surface area contributed by atoms with Crippen molar-refractivity contribution < 1.29 is 0 Å². The number of rotatable bonds is 4. The monoisotopic (exact) mass is 320 g/mol. The van der Waals surface area contributed by atoms with E-state index in [1.807, 2.05) is 0 Å². The molecule has 1 fully saturated rings. The highest BCUT2D eigenvalue weighted by Crippen LogP contribution is 2.34. The highest BCUT2D eigenvalue weighted by Gasteiger charge is 2.26. The third-order valence-corrected chi connectivity index (χ3v) is 3.67. The molecule has 0 aromatic heterocycles. The SMILES string of the molecule is [N-]=[N+]=NCC1CC(I)CC(CN=[N+]=[N-])C1. The van der Waals surface area contributed by atoms with Gasteiger partial charge in [0, 0.05) is 26.8 Å². The highest BCUT2D eigenvalue weighted by atomic mass is 127. The second-order valence-electron chi connectivity index (χ2n) is 3.86. The van der Waals surface area contributed by atoms with Crippen molar-refractivity contribution in [3.63, 3.8) is 0 Å². The Hall–Kier alpha value is -0.650. The van der Waals surface area contributed by atoms with Crippen LogP contribution < -0.4 is 0 Å². The second-order valence-corrected chi connectivity index (χ2v) is 5.62. The van der Waals surface area contributed by atoms with E-state index in [0.717, 1.165) is 19.3 Å². The molecule has 6 nitrogen and oxygen atoms in total. The van der Waals surface area contributed by atoms with E-state index in [-0.39, 0.29) is 0 Å². The van der Waals surface area contributed by atoms with Crippen LogP contribution in [0, 0.1) is 11.8 Å². The van der Waals surface area contributed by atoms with Gasteiger partial charge in [0.2, 0.25) is 0 Å². The molecule has 0 amide bonds. The Balaban J connectivity index is 2.46. The molecule has 0 bridgehead atoms. The molecule has 0 radical (unpaired) electrons. The van der Waals surface area contributed by atoms with Crippen molar-refractivity contribution in [2.24, 2.45) is 22.1 Å². The molecule has 15 heavy (non-hydrogen) atoms. The normalized spacial score (nSPS) is 30.1. The standard InChI is InChI=1S/C8H13IN6/c9-8-2-6(4-12-14-10)1-7(3-8)5-13-15-11/h6-8H,1-5H2. The summed E-state index contributed by atoms with van der Waals surface area (Å²) in [6.45, 7) is 1.14. The molecular formula is C8H13IN6. The first-order valence-corrected chi connectivity index (χ1v) is 6.16. The molecule has 0 aromatic carbocycles. The van der Waals surface area contributed by atoms with Gasteiger partial charge in [-0.3, -0.25) is 0 Å². The lowest BCUT2D eigenvalue weighted by atomic mass is 9.81. The molecule has 0 saturated heterocycles. The Bertz CT molecular complexity index is 266. The van der Waals surface area contributed by atoms with E-state index in [1.165, 1.54) is 0 Å². The zero-order valence-electron chi connectivity index (χ0n) is 8.33. The maximum Gasteiger partial charge on any atom is 0.0286 e. The van der Waals surface area contributed by atoms with Gasteiger partial charge in [-0.25, -0.2) is 0 Å². The lowest BCUT2D eigenvalue weighted by molar-refractivity contribution is 0.290. The molecule has 0 spiro atoms. The highest BCUT2D eigenvalue weighted by molar-refractivity contribution is 14.1. The second kappa shape index (κ2) is 6.76. The van der Waals surface area contributed by atoms with Crippen LogP contribution >= 0.6 is 22.6 Å². The van der Waals surface area contributed by atoms with E-state index in [4.69, 9.17) is 11.1 Å². The van der Waals surface area contributed by atoms with Crippen molar-refractivity contribution in [3.8, 4) is 0 Å². The summed E-state index contributed by atoms with van der Waals surface area (Å²) in [4.78, 5) is 5.57. The number of nitrogens with zero attached hydrogens (tertiary/aromatic N) is 6. The number of halogens is 1. The molecule has 0 N–H and O–H groups in total. The molecule has 0 aromatic rings. The van der Waals surface area contributed by atoms with Crippen molar-refractivity contribution in [3.05, 3.63) is 20.9 Å². The van der Waals surface area contributed by atoms with Gasteiger partial charge in [0.1, 0.15) is 0 Å². The topological polar surface area (TPSA) is 97.5 Å². The van der Waals surface area contributed by atoms with E-state index in [2.05, 4.69) is 42.6 Å². The zero-order valence-corrected chi connectivity index (χ0v) is 10.5. The summed E-state index contributed by atoms with van der Waals surface area (Å²) in [6, 6.07) is 0. The van der Waals surface area contributed by atoms with Crippen molar-refractivity contribution in [1.82, 2.24) is 0 Å². The fourth-order valence-electron chi connectivity index (χ4n) is 2.09. The van der Waals surface area contributed by atoms with Crippen molar-refractivity contribution >= 4 is 22.6 Å². The van der Waals surface area contributed by atoms with Crippen LogP contribution in [-0.4, -0.2) is 17.0 Å². The molecule has 2 atom stereocenters. The minimum absolute atomic E-state index is 0.454. The van der Waals surface area contributed by atoms with Gasteiger partial charge in [0.05, 0.1) is 0 Å². The molecule has 82 valence electrons. The summed E-state index contributed by atoms with van der Waals surface area (Å²) < 4.78 is 0.606. The van der Waals surface area contributed by atoms with Gasteiger partial charge in [-0.1, -0.05) is 32.8 Å². The van der Waals surface area contributed by atoms with Crippen LogP contribution in [0.3, 0.4) is 0 Å². The van der Waals surface area contributed by atoms with Crippen molar-refractivity contribution in [2.45, 2.75) is 23.2 Å². The quantitative estimate of drug-likeness (QED) is 0.247. The predicted molar refractivity (Wildman–Crippen MR) is 66.7 cm³/mol. The van der Waals surface area contributed by atoms with Gasteiger partial charge in [0.25, 0.3) is 0 Å². The van der Waals surface area contributed by atoms with Crippen LogP contribution in [0.5, 0.6) is 0 Å². The molecule has 2 unspecified atom stereocenters. The zero-order chi connectivity index (χ0) is 11.1. The molecule has 1 aliphatic rings.